The summed E-state index contributed by atoms with van der Waals surface area (Å²) in [5.41, 5.74) is -0.616. The third-order valence-electron chi connectivity index (χ3n) is 3.69. The first-order valence-corrected chi connectivity index (χ1v) is 7.75. The van der Waals surface area contributed by atoms with Crippen LogP contribution in [-0.2, 0) is 14.7 Å². The van der Waals surface area contributed by atoms with E-state index in [0.717, 1.165) is 11.0 Å². The van der Waals surface area contributed by atoms with Crippen LogP contribution >= 0.6 is 11.6 Å². The molecule has 1 fully saturated rings. The van der Waals surface area contributed by atoms with Crippen molar-refractivity contribution in [2.75, 3.05) is 6.54 Å². The highest BCUT2D eigenvalue weighted by molar-refractivity contribution is 6.41. The van der Waals surface area contributed by atoms with E-state index in [1.54, 1.807) is 20.8 Å². The molecule has 2 rings (SSSR count). The topological polar surface area (TPSA) is 59.5 Å². The molecular weight excluding hydrogens is 332 g/mol. The fourth-order valence-electron chi connectivity index (χ4n) is 2.48. The van der Waals surface area contributed by atoms with Crippen molar-refractivity contribution < 1.29 is 18.7 Å². The summed E-state index contributed by atoms with van der Waals surface area (Å²) in [6.45, 7) is 5.21. The molecule has 1 saturated heterocycles. The largest absolute Gasteiger partial charge is 0.443 e. The van der Waals surface area contributed by atoms with Gasteiger partial charge >= 0.3 is 6.09 Å². The Labute approximate surface area is 147 Å². The van der Waals surface area contributed by atoms with Gasteiger partial charge in [0.1, 0.15) is 5.60 Å². The first-order valence-electron chi connectivity index (χ1n) is 7.37. The van der Waals surface area contributed by atoms with E-state index in [0.29, 0.717) is 0 Å². The minimum Gasteiger partial charge on any atom is -0.443 e. The molecule has 1 aromatic rings. The first kappa shape index (κ1) is 18.8. The second kappa shape index (κ2) is 6.39. The molecule has 1 aliphatic heterocycles. The Morgan fingerprint density at radius 3 is 2.62 bits per heavy atom. The van der Waals surface area contributed by atoms with Crippen LogP contribution in [0.25, 0.3) is 0 Å². The van der Waals surface area contributed by atoms with E-state index in [1.807, 2.05) is 0 Å². The molecule has 0 spiro atoms. The molecule has 0 aliphatic carbocycles. The summed E-state index contributed by atoms with van der Waals surface area (Å²) in [7, 11) is 12.1. The van der Waals surface area contributed by atoms with Crippen molar-refractivity contribution in [3.05, 3.63) is 28.8 Å². The van der Waals surface area contributed by atoms with Crippen LogP contribution < -0.4 is 0 Å². The Hall–Kier alpha value is -1.56. The van der Waals surface area contributed by atoms with E-state index in [9.17, 15) is 14.0 Å². The number of rotatable bonds is 2. The Bertz CT molecular complexity index is 679. The van der Waals surface area contributed by atoms with Crippen molar-refractivity contribution in [1.29, 1.82) is 0 Å². The fraction of sp³-hybridized carbons (Fsp3) is 0.533. The summed E-state index contributed by atoms with van der Waals surface area (Å²) in [4.78, 5) is 29.2. The monoisotopic (exact) mass is 348 g/mol. The number of halogens is 2. The minimum absolute atomic E-state index is 0.119. The van der Waals surface area contributed by atoms with Gasteiger partial charge in [0.2, 0.25) is 5.91 Å². The number of aromatic nitrogens is 1. The number of carbonyl (C=O) groups excluding carboxylic acids is 2. The molecule has 2 heterocycles. The highest BCUT2D eigenvalue weighted by atomic mass is 35.5. The van der Waals surface area contributed by atoms with Crippen molar-refractivity contribution in [2.45, 2.75) is 38.0 Å². The molecule has 4 radical (unpaired) electrons. The number of hydrogen-bond acceptors (Lipinski definition) is 4. The Kier molecular flexibility index (Phi) is 5.00. The summed E-state index contributed by atoms with van der Waals surface area (Å²) in [5.74, 6) is -2.26. The van der Waals surface area contributed by atoms with Crippen LogP contribution in [-0.4, -0.2) is 49.7 Å². The van der Waals surface area contributed by atoms with Gasteiger partial charge in [-0.2, -0.15) is 0 Å². The van der Waals surface area contributed by atoms with Crippen LogP contribution in [0.4, 0.5) is 9.18 Å². The lowest BCUT2D eigenvalue weighted by atomic mass is 9.45. The zero-order valence-electron chi connectivity index (χ0n) is 13.7. The maximum Gasteiger partial charge on any atom is 0.417 e. The second-order valence-corrected chi connectivity index (χ2v) is 7.10. The van der Waals surface area contributed by atoms with Gasteiger partial charge in [-0.05, 0) is 38.8 Å². The minimum atomic E-state index is -1.69. The zero-order valence-corrected chi connectivity index (χ0v) is 14.4. The molecule has 1 unspecified atom stereocenters. The lowest BCUT2D eigenvalue weighted by Crippen LogP contribution is -2.44. The summed E-state index contributed by atoms with van der Waals surface area (Å²) in [6, 6.07) is 1.04. The molecule has 0 saturated carbocycles. The number of imide groups is 1. The fourth-order valence-corrected chi connectivity index (χ4v) is 2.58. The molecule has 5 nitrogen and oxygen atoms in total. The zero-order chi connectivity index (χ0) is 18.3. The maximum absolute atomic E-state index is 13.6. The van der Waals surface area contributed by atoms with Crippen LogP contribution in [0.3, 0.4) is 0 Å². The van der Waals surface area contributed by atoms with Gasteiger partial charge in [0, 0.05) is 18.7 Å². The molecule has 0 aromatic carbocycles. The average Bonchev–Trinajstić information content (AvgIpc) is 2.82. The molecule has 1 aromatic heterocycles. The van der Waals surface area contributed by atoms with Crippen LogP contribution in [0.2, 0.25) is 5.15 Å². The molecule has 24 heavy (non-hydrogen) atoms. The van der Waals surface area contributed by atoms with Gasteiger partial charge in [-0.25, -0.2) is 19.1 Å². The van der Waals surface area contributed by atoms with Crippen molar-refractivity contribution in [3.8, 4) is 0 Å². The molecule has 0 bridgehead atoms. The molecule has 0 N–H and O–H groups in total. The summed E-state index contributed by atoms with van der Waals surface area (Å²) in [6.07, 6.45) is 0.690. The highest BCUT2D eigenvalue weighted by Crippen LogP contribution is 2.35. The molecule has 1 aliphatic rings. The number of hydrogen-bond donors (Lipinski definition) is 0. The second-order valence-electron chi connectivity index (χ2n) is 6.74. The smallest absolute Gasteiger partial charge is 0.417 e. The van der Waals surface area contributed by atoms with Crippen LogP contribution in [0.1, 0.15) is 32.8 Å². The van der Waals surface area contributed by atoms with E-state index in [1.165, 1.54) is 6.20 Å². The van der Waals surface area contributed by atoms with Gasteiger partial charge < -0.3 is 4.74 Å². The van der Waals surface area contributed by atoms with E-state index in [4.69, 9.17) is 32.0 Å². The Balaban J connectivity index is 2.22. The van der Waals surface area contributed by atoms with Crippen LogP contribution in [0, 0.1) is 11.7 Å². The predicted molar refractivity (Wildman–Crippen MR) is 88.4 cm³/mol. The molecule has 1 atom stereocenters. The average molecular weight is 348 g/mol. The molecule has 2 amide bonds. The summed E-state index contributed by atoms with van der Waals surface area (Å²) in [5, 5.41) is -2.01. The standard InChI is InChI=1S/C15H16B2ClFN2O3/c1-14(2,3)24-13(23)21-5-4-9(12(21)22)15(16,17)8-6-10(19)11(18)20-7-8/h6-7,9H,4-5H2,1-3H3. The third kappa shape index (κ3) is 3.74. The quantitative estimate of drug-likeness (QED) is 0.607. The van der Waals surface area contributed by atoms with E-state index < -0.39 is 34.6 Å². The normalized spacial score (nSPS) is 18.8. The van der Waals surface area contributed by atoms with Crippen molar-refractivity contribution >= 4 is 39.3 Å². The Morgan fingerprint density at radius 1 is 1.46 bits per heavy atom. The summed E-state index contributed by atoms with van der Waals surface area (Å²) < 4.78 is 18.8. The molecule has 9 heteroatoms. The third-order valence-corrected chi connectivity index (χ3v) is 3.97. The first-order chi connectivity index (χ1) is 10.9. The van der Waals surface area contributed by atoms with Crippen molar-refractivity contribution in [3.63, 3.8) is 0 Å². The van der Waals surface area contributed by atoms with Crippen LogP contribution in [0.15, 0.2) is 12.3 Å². The van der Waals surface area contributed by atoms with E-state index in [2.05, 4.69) is 4.98 Å². The number of pyridine rings is 1. The number of likely N-dealkylation sites (tertiary alicyclic amines) is 1. The number of ether oxygens (including phenoxy) is 1. The highest BCUT2D eigenvalue weighted by Gasteiger charge is 2.45. The number of carbonyl (C=O) groups is 2. The SMILES string of the molecule is [B]C([B])(c1cnc(Cl)c(F)c1)C1CCN(C(=O)OC(C)(C)C)C1=O. The lowest BCUT2D eigenvalue weighted by Gasteiger charge is -2.32. The predicted octanol–water partition coefficient (Wildman–Crippen LogP) is 2.15. The van der Waals surface area contributed by atoms with Crippen molar-refractivity contribution in [1.82, 2.24) is 9.88 Å². The number of nitrogens with zero attached hydrogens (tertiary/aromatic N) is 2. The van der Waals surface area contributed by atoms with Gasteiger partial charge in [0.05, 0.1) is 15.7 Å². The van der Waals surface area contributed by atoms with Crippen LogP contribution in [0.5, 0.6) is 0 Å². The van der Waals surface area contributed by atoms with Gasteiger partial charge in [-0.15, -0.1) is 0 Å². The molecule has 124 valence electrons. The van der Waals surface area contributed by atoms with Gasteiger partial charge in [0.15, 0.2) is 11.0 Å². The molecular formula is C15H16B2ClFN2O3. The lowest BCUT2D eigenvalue weighted by molar-refractivity contribution is -0.130. The van der Waals surface area contributed by atoms with Gasteiger partial charge in [-0.3, -0.25) is 4.79 Å². The van der Waals surface area contributed by atoms with Gasteiger partial charge in [0.25, 0.3) is 0 Å². The van der Waals surface area contributed by atoms with Crippen molar-refractivity contribution in [2.24, 2.45) is 5.92 Å². The summed E-state index contributed by atoms with van der Waals surface area (Å²) >= 11 is 5.54. The number of amides is 2. The maximum atomic E-state index is 13.6. The Morgan fingerprint density at radius 2 is 2.08 bits per heavy atom. The van der Waals surface area contributed by atoms with E-state index in [-0.39, 0.29) is 23.7 Å². The van der Waals surface area contributed by atoms with Gasteiger partial charge in [-0.1, -0.05) is 16.8 Å². The van der Waals surface area contributed by atoms with E-state index >= 15 is 0 Å².